The first-order valence-electron chi connectivity index (χ1n) is 12.8. The van der Waals surface area contributed by atoms with Gasteiger partial charge in [0.05, 0.1) is 24.7 Å². The summed E-state index contributed by atoms with van der Waals surface area (Å²) >= 11 is 0. The van der Waals surface area contributed by atoms with Gasteiger partial charge in [0.2, 0.25) is 0 Å². The zero-order chi connectivity index (χ0) is 26.6. The Hall–Kier alpha value is -3.81. The lowest BCUT2D eigenvalue weighted by Gasteiger charge is -2.26. The molecule has 0 aliphatic heterocycles. The molecule has 0 heterocycles. The maximum atomic E-state index is 12.5. The smallest absolute Gasteiger partial charge is 0.338 e. The fourth-order valence-corrected chi connectivity index (χ4v) is 4.43. The third kappa shape index (κ3) is 9.29. The molecule has 1 aliphatic carbocycles. The van der Waals surface area contributed by atoms with E-state index < -0.39 is 11.9 Å². The van der Waals surface area contributed by atoms with E-state index >= 15 is 0 Å². The Morgan fingerprint density at radius 2 is 1.57 bits per heavy atom. The van der Waals surface area contributed by atoms with E-state index in [9.17, 15) is 14.4 Å². The van der Waals surface area contributed by atoms with Gasteiger partial charge in [0.25, 0.3) is 0 Å². The largest absolute Gasteiger partial charge is 0.462 e. The van der Waals surface area contributed by atoms with Crippen LogP contribution in [-0.4, -0.2) is 31.1 Å². The SMILES string of the molecule is CCCC1CCC(C(=O)Oc2ccc(/C=C/C(=O)OCCCOC(=O)c3cc(N)cc(N)c3)cc2)CC1. The summed E-state index contributed by atoms with van der Waals surface area (Å²) in [5.74, 6) is -0.00494. The predicted octanol–water partition coefficient (Wildman–Crippen LogP) is 5.17. The van der Waals surface area contributed by atoms with E-state index in [2.05, 4.69) is 6.92 Å². The summed E-state index contributed by atoms with van der Waals surface area (Å²) in [5, 5.41) is 0. The second-order valence-corrected chi connectivity index (χ2v) is 9.38. The first-order chi connectivity index (χ1) is 17.8. The number of benzene rings is 2. The predicted molar refractivity (Wildman–Crippen MR) is 143 cm³/mol. The van der Waals surface area contributed by atoms with Gasteiger partial charge in [-0.1, -0.05) is 31.9 Å². The van der Waals surface area contributed by atoms with E-state index in [-0.39, 0.29) is 30.7 Å². The van der Waals surface area contributed by atoms with Crippen LogP contribution in [0.4, 0.5) is 11.4 Å². The van der Waals surface area contributed by atoms with Gasteiger partial charge in [0, 0.05) is 23.9 Å². The molecule has 1 fully saturated rings. The summed E-state index contributed by atoms with van der Waals surface area (Å²) in [6.07, 6.45) is 9.69. The summed E-state index contributed by atoms with van der Waals surface area (Å²) in [7, 11) is 0. The highest BCUT2D eigenvalue weighted by molar-refractivity contribution is 5.91. The minimum Gasteiger partial charge on any atom is -0.462 e. The molecule has 37 heavy (non-hydrogen) atoms. The van der Waals surface area contributed by atoms with Crippen molar-refractivity contribution in [1.29, 1.82) is 0 Å². The minimum absolute atomic E-state index is 0.0260. The second-order valence-electron chi connectivity index (χ2n) is 9.38. The molecule has 1 aliphatic rings. The van der Waals surface area contributed by atoms with Crippen molar-refractivity contribution < 1.29 is 28.6 Å². The molecule has 0 bridgehead atoms. The highest BCUT2D eigenvalue weighted by Gasteiger charge is 2.27. The lowest BCUT2D eigenvalue weighted by molar-refractivity contribution is -0.140. The van der Waals surface area contributed by atoms with Crippen LogP contribution in [-0.2, 0) is 19.1 Å². The maximum Gasteiger partial charge on any atom is 0.338 e. The first kappa shape index (κ1) is 27.8. The maximum absolute atomic E-state index is 12.5. The summed E-state index contributed by atoms with van der Waals surface area (Å²) in [4.78, 5) is 36.5. The second kappa shape index (κ2) is 14.1. The minimum atomic E-state index is -0.543. The van der Waals surface area contributed by atoms with Crippen molar-refractivity contribution in [1.82, 2.24) is 0 Å². The van der Waals surface area contributed by atoms with Gasteiger partial charge in [0.15, 0.2) is 0 Å². The van der Waals surface area contributed by atoms with Gasteiger partial charge in [-0.15, -0.1) is 0 Å². The molecule has 0 saturated heterocycles. The number of nitrogen functional groups attached to an aromatic ring is 2. The van der Waals surface area contributed by atoms with E-state index in [1.54, 1.807) is 36.4 Å². The van der Waals surface area contributed by atoms with Crippen LogP contribution in [0.2, 0.25) is 0 Å². The Kier molecular flexibility index (Phi) is 10.6. The van der Waals surface area contributed by atoms with Gasteiger partial charge in [-0.25, -0.2) is 9.59 Å². The zero-order valence-corrected chi connectivity index (χ0v) is 21.3. The van der Waals surface area contributed by atoms with Crippen molar-refractivity contribution in [2.24, 2.45) is 11.8 Å². The molecule has 198 valence electrons. The van der Waals surface area contributed by atoms with Gasteiger partial charge in [-0.05, 0) is 73.6 Å². The third-order valence-electron chi connectivity index (χ3n) is 6.37. The Bertz CT molecular complexity index is 1070. The average Bonchev–Trinajstić information content (AvgIpc) is 2.88. The summed E-state index contributed by atoms with van der Waals surface area (Å²) in [6.45, 7) is 2.39. The lowest BCUT2D eigenvalue weighted by Crippen LogP contribution is -2.25. The molecule has 0 amide bonds. The Morgan fingerprint density at radius 3 is 2.22 bits per heavy atom. The van der Waals surface area contributed by atoms with Crippen molar-refractivity contribution >= 4 is 35.4 Å². The first-order valence-corrected chi connectivity index (χ1v) is 12.8. The Labute approximate surface area is 218 Å². The number of anilines is 2. The molecule has 1 saturated carbocycles. The lowest BCUT2D eigenvalue weighted by atomic mass is 9.80. The van der Waals surface area contributed by atoms with E-state index in [1.165, 1.54) is 31.1 Å². The quantitative estimate of drug-likeness (QED) is 0.140. The van der Waals surface area contributed by atoms with Crippen LogP contribution in [0.25, 0.3) is 6.08 Å². The van der Waals surface area contributed by atoms with E-state index in [1.807, 2.05) is 0 Å². The van der Waals surface area contributed by atoms with Crippen LogP contribution >= 0.6 is 0 Å². The molecular formula is C29H36N2O6. The number of rotatable bonds is 11. The number of ether oxygens (including phenoxy) is 3. The summed E-state index contributed by atoms with van der Waals surface area (Å²) in [5.41, 5.74) is 13.1. The highest BCUT2D eigenvalue weighted by Crippen LogP contribution is 2.32. The van der Waals surface area contributed by atoms with Crippen molar-refractivity contribution in [3.63, 3.8) is 0 Å². The molecule has 0 atom stereocenters. The van der Waals surface area contributed by atoms with Crippen LogP contribution in [0.15, 0.2) is 48.5 Å². The standard InChI is InChI=1S/C29H36N2O6/c1-2-4-20-5-10-22(11-6-20)29(34)37-26-12-7-21(8-13-26)9-14-27(32)35-15-3-16-36-28(33)23-17-24(30)19-25(31)18-23/h7-9,12-14,17-20,22H,2-6,10-11,15-16,30-31H2,1H3/b14-9+. The molecular weight excluding hydrogens is 472 g/mol. The number of hydrogen-bond acceptors (Lipinski definition) is 8. The van der Waals surface area contributed by atoms with Crippen LogP contribution in [0.1, 0.15) is 67.8 Å². The summed E-state index contributed by atoms with van der Waals surface area (Å²) < 4.78 is 15.8. The molecule has 2 aromatic rings. The van der Waals surface area contributed by atoms with Gasteiger partial charge < -0.3 is 25.7 Å². The van der Waals surface area contributed by atoms with E-state index in [0.29, 0.717) is 23.5 Å². The Balaban J connectivity index is 1.33. The summed E-state index contributed by atoms with van der Waals surface area (Å²) in [6, 6.07) is 11.5. The number of carbonyl (C=O) groups excluding carboxylic acids is 3. The monoisotopic (exact) mass is 508 g/mol. The van der Waals surface area contributed by atoms with Crippen LogP contribution < -0.4 is 16.2 Å². The van der Waals surface area contributed by atoms with Gasteiger partial charge in [-0.3, -0.25) is 4.79 Å². The number of carbonyl (C=O) groups is 3. The van der Waals surface area contributed by atoms with E-state index in [4.69, 9.17) is 25.7 Å². The van der Waals surface area contributed by atoms with Crippen molar-refractivity contribution in [2.45, 2.75) is 51.9 Å². The van der Waals surface area contributed by atoms with Crippen molar-refractivity contribution in [3.8, 4) is 5.75 Å². The fourth-order valence-electron chi connectivity index (χ4n) is 4.43. The molecule has 0 radical (unpaired) electrons. The zero-order valence-electron chi connectivity index (χ0n) is 21.3. The van der Waals surface area contributed by atoms with Crippen LogP contribution in [0, 0.1) is 11.8 Å². The molecule has 0 unspecified atom stereocenters. The molecule has 0 spiro atoms. The molecule has 8 nitrogen and oxygen atoms in total. The molecule has 0 aromatic heterocycles. The van der Waals surface area contributed by atoms with Gasteiger partial charge >= 0.3 is 17.9 Å². The van der Waals surface area contributed by atoms with Crippen LogP contribution in [0.3, 0.4) is 0 Å². The van der Waals surface area contributed by atoms with Gasteiger partial charge in [-0.2, -0.15) is 0 Å². The van der Waals surface area contributed by atoms with E-state index in [0.717, 1.165) is 37.2 Å². The van der Waals surface area contributed by atoms with Crippen molar-refractivity contribution in [3.05, 3.63) is 59.7 Å². The molecule has 4 N–H and O–H groups in total. The van der Waals surface area contributed by atoms with Crippen molar-refractivity contribution in [2.75, 3.05) is 24.7 Å². The van der Waals surface area contributed by atoms with Crippen LogP contribution in [0.5, 0.6) is 5.75 Å². The number of nitrogens with two attached hydrogens (primary N) is 2. The average molecular weight is 509 g/mol. The molecule has 3 rings (SSSR count). The topological polar surface area (TPSA) is 131 Å². The third-order valence-corrected chi connectivity index (χ3v) is 6.37. The number of esters is 3. The number of hydrogen-bond donors (Lipinski definition) is 2. The normalized spacial score (nSPS) is 17.3. The fraction of sp³-hybridized carbons (Fsp3) is 0.414. The highest BCUT2D eigenvalue weighted by atomic mass is 16.5. The molecule has 8 heteroatoms. The molecule has 2 aromatic carbocycles. The Morgan fingerprint density at radius 1 is 0.919 bits per heavy atom. The van der Waals surface area contributed by atoms with Gasteiger partial charge in [0.1, 0.15) is 5.75 Å².